The summed E-state index contributed by atoms with van der Waals surface area (Å²) in [5, 5.41) is 13.0. The molecule has 0 aromatic carbocycles. The molecule has 4 nitrogen and oxygen atoms in total. The maximum atomic E-state index is 12.2. The second-order valence-electron chi connectivity index (χ2n) is 5.24. The number of hydrogen-bond acceptors (Lipinski definition) is 3. The zero-order valence-electron chi connectivity index (χ0n) is 10.8. The van der Waals surface area contributed by atoms with E-state index in [0.29, 0.717) is 12.5 Å². The summed E-state index contributed by atoms with van der Waals surface area (Å²) in [7, 11) is 0. The number of rotatable bonds is 3. The van der Waals surface area contributed by atoms with Crippen LogP contribution in [0.15, 0.2) is 0 Å². The van der Waals surface area contributed by atoms with Crippen LogP contribution in [-0.2, 0) is 4.79 Å². The van der Waals surface area contributed by atoms with E-state index in [9.17, 15) is 9.90 Å². The van der Waals surface area contributed by atoms with Crippen LogP contribution < -0.4 is 5.32 Å². The van der Waals surface area contributed by atoms with E-state index >= 15 is 0 Å². The van der Waals surface area contributed by atoms with Crippen molar-refractivity contribution in [2.45, 2.75) is 45.8 Å². The zero-order chi connectivity index (χ0) is 12.3. The van der Waals surface area contributed by atoms with Crippen LogP contribution in [0.2, 0.25) is 0 Å². The highest BCUT2D eigenvalue weighted by Gasteiger charge is 2.35. The van der Waals surface area contributed by atoms with Gasteiger partial charge in [-0.15, -0.1) is 0 Å². The molecule has 2 atom stereocenters. The van der Waals surface area contributed by atoms with Crippen molar-refractivity contribution in [1.82, 2.24) is 10.2 Å². The Kier molecular flexibility index (Phi) is 4.33. The SMILES string of the molecule is CCNC(C)(C)C(=O)N1CCC(C)C(O)C1. The summed E-state index contributed by atoms with van der Waals surface area (Å²) in [4.78, 5) is 14.0. The summed E-state index contributed by atoms with van der Waals surface area (Å²) in [6.45, 7) is 9.79. The van der Waals surface area contributed by atoms with Crippen molar-refractivity contribution < 1.29 is 9.90 Å². The minimum atomic E-state index is -0.533. The van der Waals surface area contributed by atoms with E-state index in [2.05, 4.69) is 5.32 Å². The fourth-order valence-corrected chi connectivity index (χ4v) is 2.15. The molecule has 1 aliphatic rings. The van der Waals surface area contributed by atoms with Gasteiger partial charge in [0.05, 0.1) is 11.6 Å². The molecule has 0 spiro atoms. The molecule has 0 saturated carbocycles. The van der Waals surface area contributed by atoms with Gasteiger partial charge in [-0.1, -0.05) is 13.8 Å². The van der Waals surface area contributed by atoms with Crippen LogP contribution in [0.4, 0.5) is 0 Å². The third kappa shape index (κ3) is 2.95. The molecule has 0 radical (unpaired) electrons. The molecule has 1 rings (SSSR count). The monoisotopic (exact) mass is 228 g/mol. The maximum Gasteiger partial charge on any atom is 0.242 e. The Morgan fingerprint density at radius 1 is 1.56 bits per heavy atom. The van der Waals surface area contributed by atoms with Gasteiger partial charge in [0.25, 0.3) is 0 Å². The Morgan fingerprint density at radius 2 is 2.19 bits per heavy atom. The predicted molar refractivity (Wildman–Crippen MR) is 64.1 cm³/mol. The highest BCUT2D eigenvalue weighted by molar-refractivity contribution is 5.85. The number of amides is 1. The number of likely N-dealkylation sites (tertiary alicyclic amines) is 1. The van der Waals surface area contributed by atoms with Crippen molar-refractivity contribution in [2.24, 2.45) is 5.92 Å². The predicted octanol–water partition coefficient (Wildman–Crippen LogP) is 0.604. The van der Waals surface area contributed by atoms with Gasteiger partial charge in [-0.2, -0.15) is 0 Å². The number of nitrogens with one attached hydrogen (secondary N) is 1. The first kappa shape index (κ1) is 13.5. The van der Waals surface area contributed by atoms with Crippen LogP contribution >= 0.6 is 0 Å². The first-order chi connectivity index (χ1) is 7.38. The second-order valence-corrected chi connectivity index (χ2v) is 5.24. The minimum absolute atomic E-state index is 0.0836. The summed E-state index contributed by atoms with van der Waals surface area (Å²) < 4.78 is 0. The summed E-state index contributed by atoms with van der Waals surface area (Å²) in [6.07, 6.45) is 0.505. The van der Waals surface area contributed by atoms with Crippen molar-refractivity contribution in [3.63, 3.8) is 0 Å². The Morgan fingerprint density at radius 3 is 2.69 bits per heavy atom. The van der Waals surface area contributed by atoms with E-state index in [4.69, 9.17) is 0 Å². The maximum absolute atomic E-state index is 12.2. The largest absolute Gasteiger partial charge is 0.391 e. The van der Waals surface area contributed by atoms with E-state index in [1.54, 1.807) is 4.90 Å². The number of carbonyl (C=O) groups excluding carboxylic acids is 1. The number of β-amino-alcohol motifs (C(OH)–C–C–N with tert-alkyl or cyclic N) is 1. The van der Waals surface area contributed by atoms with Crippen LogP contribution in [0.3, 0.4) is 0 Å². The molecular weight excluding hydrogens is 204 g/mol. The van der Waals surface area contributed by atoms with Crippen molar-refractivity contribution in [1.29, 1.82) is 0 Å². The van der Waals surface area contributed by atoms with Crippen LogP contribution in [0.5, 0.6) is 0 Å². The number of hydrogen-bond donors (Lipinski definition) is 2. The molecule has 0 aromatic rings. The lowest BCUT2D eigenvalue weighted by Gasteiger charge is -2.38. The molecule has 1 amide bonds. The van der Waals surface area contributed by atoms with Gasteiger partial charge < -0.3 is 15.3 Å². The average Bonchev–Trinajstić information content (AvgIpc) is 2.21. The van der Waals surface area contributed by atoms with E-state index < -0.39 is 5.54 Å². The summed E-state index contributed by atoms with van der Waals surface area (Å²) >= 11 is 0. The molecule has 0 bridgehead atoms. The minimum Gasteiger partial charge on any atom is -0.391 e. The number of aliphatic hydroxyl groups is 1. The molecular formula is C12H24N2O2. The Hall–Kier alpha value is -0.610. The highest BCUT2D eigenvalue weighted by atomic mass is 16.3. The van der Waals surface area contributed by atoms with Crippen LogP contribution in [0, 0.1) is 5.92 Å². The molecule has 1 saturated heterocycles. The van der Waals surface area contributed by atoms with E-state index in [-0.39, 0.29) is 12.0 Å². The standard InChI is InChI=1S/C12H24N2O2/c1-5-13-12(3,4)11(16)14-7-6-9(2)10(15)8-14/h9-10,13,15H,5-8H2,1-4H3. The van der Waals surface area contributed by atoms with Gasteiger partial charge in [-0.25, -0.2) is 0 Å². The number of aliphatic hydroxyl groups excluding tert-OH is 1. The Bertz CT molecular complexity index is 253. The lowest BCUT2D eigenvalue weighted by Crippen LogP contribution is -2.57. The van der Waals surface area contributed by atoms with Gasteiger partial charge in [-0.05, 0) is 32.7 Å². The number of likely N-dealkylation sites (N-methyl/N-ethyl adjacent to an activating group) is 1. The molecule has 2 unspecified atom stereocenters. The summed E-state index contributed by atoms with van der Waals surface area (Å²) in [5.74, 6) is 0.381. The van der Waals surface area contributed by atoms with Gasteiger partial charge in [-0.3, -0.25) is 4.79 Å². The fraction of sp³-hybridized carbons (Fsp3) is 0.917. The van der Waals surface area contributed by atoms with Gasteiger partial charge in [0.1, 0.15) is 0 Å². The molecule has 1 heterocycles. The lowest BCUT2D eigenvalue weighted by molar-refractivity contribution is -0.141. The van der Waals surface area contributed by atoms with Crippen LogP contribution in [0.25, 0.3) is 0 Å². The highest BCUT2D eigenvalue weighted by Crippen LogP contribution is 2.19. The normalized spacial score (nSPS) is 26.9. The Balaban J connectivity index is 2.61. The van der Waals surface area contributed by atoms with Crippen molar-refractivity contribution in [2.75, 3.05) is 19.6 Å². The average molecular weight is 228 g/mol. The third-order valence-electron chi connectivity index (χ3n) is 3.36. The number of nitrogens with zero attached hydrogens (tertiary/aromatic N) is 1. The third-order valence-corrected chi connectivity index (χ3v) is 3.36. The lowest BCUT2D eigenvalue weighted by atomic mass is 9.94. The molecule has 2 N–H and O–H groups in total. The molecule has 16 heavy (non-hydrogen) atoms. The molecule has 0 aromatic heterocycles. The van der Waals surface area contributed by atoms with Gasteiger partial charge in [0.2, 0.25) is 5.91 Å². The van der Waals surface area contributed by atoms with Gasteiger partial charge in [0, 0.05) is 13.1 Å². The molecule has 94 valence electrons. The smallest absolute Gasteiger partial charge is 0.242 e. The van der Waals surface area contributed by atoms with E-state index in [1.807, 2.05) is 27.7 Å². The molecule has 1 aliphatic heterocycles. The first-order valence-electron chi connectivity index (χ1n) is 6.11. The van der Waals surface area contributed by atoms with Crippen molar-refractivity contribution in [3.05, 3.63) is 0 Å². The molecule has 4 heteroatoms. The summed E-state index contributed by atoms with van der Waals surface area (Å²) in [5.41, 5.74) is -0.533. The van der Waals surface area contributed by atoms with Crippen molar-refractivity contribution in [3.8, 4) is 0 Å². The molecule has 1 fully saturated rings. The van der Waals surface area contributed by atoms with Gasteiger partial charge in [0.15, 0.2) is 0 Å². The topological polar surface area (TPSA) is 52.6 Å². The number of carbonyl (C=O) groups is 1. The second kappa shape index (κ2) is 5.15. The quantitative estimate of drug-likeness (QED) is 0.744. The first-order valence-corrected chi connectivity index (χ1v) is 6.11. The number of piperidine rings is 1. The molecule has 0 aliphatic carbocycles. The summed E-state index contributed by atoms with van der Waals surface area (Å²) in [6, 6.07) is 0. The fourth-order valence-electron chi connectivity index (χ4n) is 2.15. The van der Waals surface area contributed by atoms with Crippen molar-refractivity contribution >= 4 is 5.91 Å². The zero-order valence-corrected chi connectivity index (χ0v) is 10.8. The van der Waals surface area contributed by atoms with E-state index in [1.165, 1.54) is 0 Å². The van der Waals surface area contributed by atoms with Crippen LogP contribution in [0.1, 0.15) is 34.1 Å². The van der Waals surface area contributed by atoms with E-state index in [0.717, 1.165) is 19.5 Å². The Labute approximate surface area is 98.0 Å². The van der Waals surface area contributed by atoms with Crippen LogP contribution in [-0.4, -0.2) is 47.2 Å². The van der Waals surface area contributed by atoms with Gasteiger partial charge >= 0.3 is 0 Å².